The summed E-state index contributed by atoms with van der Waals surface area (Å²) in [7, 11) is -3.31. The molecule has 2 aromatic rings. The molecular formula is C16H18N2O4S2. The van der Waals surface area contributed by atoms with Gasteiger partial charge in [0.05, 0.1) is 9.77 Å². The Hall–Kier alpha value is -2.19. The molecule has 1 aromatic heterocycles. The number of sulfone groups is 1. The van der Waals surface area contributed by atoms with E-state index in [1.54, 1.807) is 24.3 Å². The molecule has 0 unspecified atom stereocenters. The lowest BCUT2D eigenvalue weighted by Gasteiger charge is -2.07. The minimum atomic E-state index is -3.31. The van der Waals surface area contributed by atoms with Crippen molar-refractivity contribution >= 4 is 38.7 Å². The van der Waals surface area contributed by atoms with Crippen molar-refractivity contribution in [1.82, 2.24) is 5.32 Å². The second kappa shape index (κ2) is 8.07. The Morgan fingerprint density at radius 3 is 2.62 bits per heavy atom. The van der Waals surface area contributed by atoms with Crippen LogP contribution in [0.25, 0.3) is 0 Å². The van der Waals surface area contributed by atoms with Crippen molar-refractivity contribution in [2.45, 2.75) is 17.7 Å². The van der Waals surface area contributed by atoms with Crippen molar-refractivity contribution in [2.75, 3.05) is 18.1 Å². The Labute approximate surface area is 144 Å². The van der Waals surface area contributed by atoms with Gasteiger partial charge in [0.1, 0.15) is 0 Å². The smallest absolute Gasteiger partial charge is 0.261 e. The number of nitrogens with one attached hydrogen (secondary N) is 2. The highest BCUT2D eigenvalue weighted by molar-refractivity contribution is 7.90. The Kier molecular flexibility index (Phi) is 6.10. The van der Waals surface area contributed by atoms with Crippen LogP contribution >= 0.6 is 11.3 Å². The number of carbonyl (C=O) groups excluding carboxylic acids is 2. The highest BCUT2D eigenvalue weighted by atomic mass is 32.2. The first-order valence-electron chi connectivity index (χ1n) is 7.28. The van der Waals surface area contributed by atoms with Gasteiger partial charge in [-0.05, 0) is 36.1 Å². The van der Waals surface area contributed by atoms with Crippen LogP contribution in [0.1, 0.15) is 22.5 Å². The molecule has 6 nitrogen and oxygen atoms in total. The molecule has 24 heavy (non-hydrogen) atoms. The van der Waals surface area contributed by atoms with Crippen LogP contribution in [0.5, 0.6) is 0 Å². The third-order valence-corrected chi connectivity index (χ3v) is 5.14. The van der Waals surface area contributed by atoms with E-state index in [1.807, 2.05) is 5.38 Å². The van der Waals surface area contributed by atoms with Crippen LogP contribution in [-0.2, 0) is 14.6 Å². The molecule has 0 aliphatic heterocycles. The van der Waals surface area contributed by atoms with E-state index in [4.69, 9.17) is 0 Å². The van der Waals surface area contributed by atoms with Crippen LogP contribution in [0.2, 0.25) is 0 Å². The van der Waals surface area contributed by atoms with Gasteiger partial charge in [0.25, 0.3) is 5.91 Å². The van der Waals surface area contributed by atoms with Gasteiger partial charge < -0.3 is 10.6 Å². The Morgan fingerprint density at radius 2 is 1.96 bits per heavy atom. The van der Waals surface area contributed by atoms with Crippen molar-refractivity contribution < 1.29 is 18.0 Å². The third-order valence-electron chi connectivity index (χ3n) is 3.16. The van der Waals surface area contributed by atoms with Gasteiger partial charge in [-0.2, -0.15) is 0 Å². The van der Waals surface area contributed by atoms with Crippen molar-refractivity contribution in [1.29, 1.82) is 0 Å². The van der Waals surface area contributed by atoms with E-state index in [1.165, 1.54) is 23.5 Å². The van der Waals surface area contributed by atoms with E-state index < -0.39 is 9.84 Å². The summed E-state index contributed by atoms with van der Waals surface area (Å²) in [5.41, 5.74) is 0.436. The molecule has 0 atom stereocenters. The molecule has 128 valence electrons. The summed E-state index contributed by atoms with van der Waals surface area (Å²) in [5.74, 6) is -0.378. The standard InChI is InChI=1S/C16H18N2O4S2/c1-24(21,22)13-6-2-5-12(11-13)18-15(19)8-3-9-17-16(20)14-7-4-10-23-14/h2,4-7,10-11H,3,8-9H2,1H3,(H,17,20)(H,18,19). The summed E-state index contributed by atoms with van der Waals surface area (Å²) in [6.45, 7) is 0.396. The van der Waals surface area contributed by atoms with Crippen molar-refractivity contribution in [3.8, 4) is 0 Å². The average molecular weight is 366 g/mol. The first-order valence-corrected chi connectivity index (χ1v) is 10.0. The fourth-order valence-electron chi connectivity index (χ4n) is 1.97. The highest BCUT2D eigenvalue weighted by Crippen LogP contribution is 2.15. The van der Waals surface area contributed by atoms with E-state index in [0.29, 0.717) is 23.5 Å². The minimum absolute atomic E-state index is 0.147. The third kappa shape index (κ3) is 5.47. The molecule has 0 fully saturated rings. The lowest BCUT2D eigenvalue weighted by molar-refractivity contribution is -0.116. The quantitative estimate of drug-likeness (QED) is 0.736. The molecular weight excluding hydrogens is 348 g/mol. The maximum Gasteiger partial charge on any atom is 0.261 e. The molecule has 1 heterocycles. The van der Waals surface area contributed by atoms with E-state index in [2.05, 4.69) is 10.6 Å². The van der Waals surface area contributed by atoms with Crippen LogP contribution in [-0.4, -0.2) is 33.0 Å². The molecule has 0 aliphatic carbocycles. The molecule has 0 saturated heterocycles. The fourth-order valence-corrected chi connectivity index (χ4v) is 3.28. The van der Waals surface area contributed by atoms with E-state index in [9.17, 15) is 18.0 Å². The van der Waals surface area contributed by atoms with Crippen LogP contribution in [0, 0.1) is 0 Å². The van der Waals surface area contributed by atoms with E-state index >= 15 is 0 Å². The van der Waals surface area contributed by atoms with Crippen molar-refractivity contribution in [2.24, 2.45) is 0 Å². The zero-order valence-corrected chi connectivity index (χ0v) is 14.7. The van der Waals surface area contributed by atoms with Gasteiger partial charge >= 0.3 is 0 Å². The van der Waals surface area contributed by atoms with Crippen LogP contribution in [0.15, 0.2) is 46.7 Å². The topological polar surface area (TPSA) is 92.3 Å². The van der Waals surface area contributed by atoms with Gasteiger partial charge in [0, 0.05) is 24.9 Å². The molecule has 0 bridgehead atoms. The van der Waals surface area contributed by atoms with Gasteiger partial charge in [0.2, 0.25) is 5.91 Å². The van der Waals surface area contributed by atoms with E-state index in [0.717, 1.165) is 6.26 Å². The van der Waals surface area contributed by atoms with Gasteiger partial charge in [-0.3, -0.25) is 9.59 Å². The van der Waals surface area contributed by atoms with Crippen LogP contribution in [0.3, 0.4) is 0 Å². The molecule has 8 heteroatoms. The Bertz CT molecular complexity index is 814. The highest BCUT2D eigenvalue weighted by Gasteiger charge is 2.09. The molecule has 0 radical (unpaired) electrons. The number of benzene rings is 1. The normalized spacial score (nSPS) is 11.0. The molecule has 2 N–H and O–H groups in total. The first kappa shape index (κ1) is 18.2. The lowest BCUT2D eigenvalue weighted by atomic mass is 10.2. The zero-order valence-electron chi connectivity index (χ0n) is 13.1. The van der Waals surface area contributed by atoms with Crippen molar-refractivity contribution in [3.63, 3.8) is 0 Å². The summed E-state index contributed by atoms with van der Waals surface area (Å²) >= 11 is 1.36. The molecule has 2 rings (SSSR count). The maximum absolute atomic E-state index is 11.9. The monoisotopic (exact) mass is 366 g/mol. The number of hydrogen-bond acceptors (Lipinski definition) is 5. The predicted octanol–water partition coefficient (Wildman–Crippen LogP) is 2.30. The SMILES string of the molecule is CS(=O)(=O)c1cccc(NC(=O)CCCNC(=O)c2cccs2)c1. The van der Waals surface area contributed by atoms with Gasteiger partial charge in [0.15, 0.2) is 9.84 Å². The van der Waals surface area contributed by atoms with Gasteiger partial charge in [-0.15, -0.1) is 11.3 Å². The molecule has 2 amide bonds. The molecule has 0 spiro atoms. The maximum atomic E-state index is 11.9. The number of anilines is 1. The summed E-state index contributed by atoms with van der Waals surface area (Å²) in [4.78, 5) is 24.4. The predicted molar refractivity (Wildman–Crippen MR) is 94.1 cm³/mol. The number of hydrogen-bond donors (Lipinski definition) is 2. The van der Waals surface area contributed by atoms with Crippen LogP contribution in [0.4, 0.5) is 5.69 Å². The largest absolute Gasteiger partial charge is 0.351 e. The second-order valence-electron chi connectivity index (χ2n) is 5.18. The Morgan fingerprint density at radius 1 is 1.17 bits per heavy atom. The summed E-state index contributed by atoms with van der Waals surface area (Å²) in [6, 6.07) is 9.65. The number of carbonyl (C=O) groups is 2. The summed E-state index contributed by atoms with van der Waals surface area (Å²) < 4.78 is 23.0. The molecule has 0 saturated carbocycles. The second-order valence-corrected chi connectivity index (χ2v) is 8.15. The van der Waals surface area contributed by atoms with Gasteiger partial charge in [-0.1, -0.05) is 12.1 Å². The number of thiophene rings is 1. The molecule has 1 aromatic carbocycles. The fraction of sp³-hybridized carbons (Fsp3) is 0.250. The Balaban J connectivity index is 1.77. The molecule has 0 aliphatic rings. The minimum Gasteiger partial charge on any atom is -0.351 e. The number of amides is 2. The van der Waals surface area contributed by atoms with Crippen molar-refractivity contribution in [3.05, 3.63) is 46.7 Å². The lowest BCUT2D eigenvalue weighted by Crippen LogP contribution is -2.24. The zero-order chi connectivity index (χ0) is 17.6. The summed E-state index contributed by atoms with van der Waals surface area (Å²) in [5, 5.41) is 7.23. The first-order chi connectivity index (χ1) is 11.4. The average Bonchev–Trinajstić information content (AvgIpc) is 3.05. The van der Waals surface area contributed by atoms with E-state index in [-0.39, 0.29) is 23.1 Å². The van der Waals surface area contributed by atoms with Crippen LogP contribution < -0.4 is 10.6 Å². The summed E-state index contributed by atoms with van der Waals surface area (Å²) in [6.07, 6.45) is 1.84. The number of rotatable bonds is 7. The van der Waals surface area contributed by atoms with Gasteiger partial charge in [-0.25, -0.2) is 8.42 Å².